The number of benzene rings is 1. The highest BCUT2D eigenvalue weighted by atomic mass is 15.2. The summed E-state index contributed by atoms with van der Waals surface area (Å²) in [6.07, 6.45) is 4.14. The maximum absolute atomic E-state index is 2.34. The van der Waals surface area contributed by atoms with E-state index in [1.54, 1.807) is 4.90 Å². The molecule has 1 unspecified atom stereocenters. The highest BCUT2D eigenvalue weighted by Gasteiger charge is 2.28. The zero-order valence-electron chi connectivity index (χ0n) is 12.6. The fourth-order valence-corrected chi connectivity index (χ4v) is 3.45. The van der Waals surface area contributed by atoms with Crippen LogP contribution < -0.4 is 9.80 Å². The molecule has 1 heterocycles. The second kappa shape index (κ2) is 7.66. The van der Waals surface area contributed by atoms with E-state index in [0.717, 1.165) is 6.04 Å². The van der Waals surface area contributed by atoms with Crippen LogP contribution in [0.2, 0.25) is 0 Å². The quantitative estimate of drug-likeness (QED) is 0.741. The molecule has 0 radical (unpaired) electrons. The molecule has 0 bridgehead atoms. The fourth-order valence-electron chi connectivity index (χ4n) is 3.45. The van der Waals surface area contributed by atoms with Gasteiger partial charge in [-0.2, -0.15) is 0 Å². The molecular formula is C17H30N2+2. The second-order valence-electron chi connectivity index (χ2n) is 5.95. The number of rotatable bonds is 6. The Kier molecular flexibility index (Phi) is 5.87. The maximum Gasteiger partial charge on any atom is 0.103 e. The molecule has 2 rings (SSSR count). The lowest BCUT2D eigenvalue weighted by molar-refractivity contribution is -0.965. The van der Waals surface area contributed by atoms with E-state index in [1.807, 2.05) is 4.90 Å². The summed E-state index contributed by atoms with van der Waals surface area (Å²) < 4.78 is 0. The van der Waals surface area contributed by atoms with E-state index in [2.05, 4.69) is 44.2 Å². The summed E-state index contributed by atoms with van der Waals surface area (Å²) in [4.78, 5) is 3.61. The first-order valence-electron chi connectivity index (χ1n) is 8.05. The van der Waals surface area contributed by atoms with E-state index in [0.29, 0.717) is 0 Å². The van der Waals surface area contributed by atoms with Crippen molar-refractivity contribution in [3.63, 3.8) is 0 Å². The molecule has 0 aromatic heterocycles. The average molecular weight is 262 g/mol. The van der Waals surface area contributed by atoms with Gasteiger partial charge in [-0.3, -0.25) is 0 Å². The third-order valence-electron chi connectivity index (χ3n) is 4.60. The average Bonchev–Trinajstić information content (AvgIpc) is 2.47. The largest absolute Gasteiger partial charge is 0.335 e. The smallest absolute Gasteiger partial charge is 0.103 e. The molecule has 2 N–H and O–H groups in total. The van der Waals surface area contributed by atoms with Gasteiger partial charge in [-0.1, -0.05) is 37.3 Å². The first-order chi connectivity index (χ1) is 9.33. The van der Waals surface area contributed by atoms with Crippen LogP contribution in [0, 0.1) is 0 Å². The van der Waals surface area contributed by atoms with Gasteiger partial charge >= 0.3 is 0 Å². The predicted molar refractivity (Wildman–Crippen MR) is 80.5 cm³/mol. The molecule has 19 heavy (non-hydrogen) atoms. The standard InChI is InChI=1S/C17H28N2/c1-3-12-18-13-10-17(11-14-18)19(4-2)15-16-8-6-5-7-9-16/h5-9,17H,3-4,10-15H2,1-2H3/p+2. The summed E-state index contributed by atoms with van der Waals surface area (Å²) in [5.74, 6) is 0. The molecule has 1 aliphatic heterocycles. The minimum atomic E-state index is 0.880. The van der Waals surface area contributed by atoms with E-state index >= 15 is 0 Å². The Morgan fingerprint density at radius 2 is 1.79 bits per heavy atom. The van der Waals surface area contributed by atoms with Crippen molar-refractivity contribution in [2.75, 3.05) is 26.2 Å². The number of nitrogens with one attached hydrogen (secondary N) is 2. The molecule has 1 aliphatic rings. The Balaban J connectivity index is 1.85. The highest BCUT2D eigenvalue weighted by Crippen LogP contribution is 2.00. The third kappa shape index (κ3) is 4.32. The molecule has 2 nitrogen and oxygen atoms in total. The van der Waals surface area contributed by atoms with Crippen LogP contribution in [-0.2, 0) is 6.54 Å². The molecule has 1 saturated heterocycles. The molecule has 1 aromatic carbocycles. The maximum atomic E-state index is 2.34. The van der Waals surface area contributed by atoms with E-state index in [1.165, 1.54) is 57.5 Å². The van der Waals surface area contributed by atoms with Gasteiger partial charge in [-0.25, -0.2) is 0 Å². The van der Waals surface area contributed by atoms with Crippen molar-refractivity contribution in [3.8, 4) is 0 Å². The van der Waals surface area contributed by atoms with Crippen LogP contribution in [0.25, 0.3) is 0 Å². The first kappa shape index (κ1) is 14.5. The summed E-state index contributed by atoms with van der Waals surface area (Å²) in [5.41, 5.74) is 1.49. The van der Waals surface area contributed by atoms with Crippen molar-refractivity contribution in [2.24, 2.45) is 0 Å². The van der Waals surface area contributed by atoms with Crippen LogP contribution in [0.4, 0.5) is 0 Å². The summed E-state index contributed by atoms with van der Waals surface area (Å²) >= 11 is 0. The fraction of sp³-hybridized carbons (Fsp3) is 0.647. The van der Waals surface area contributed by atoms with Crippen LogP contribution >= 0.6 is 0 Å². The number of piperidine rings is 1. The minimum Gasteiger partial charge on any atom is -0.335 e. The van der Waals surface area contributed by atoms with Crippen molar-refractivity contribution in [2.45, 2.75) is 45.7 Å². The Morgan fingerprint density at radius 3 is 2.37 bits per heavy atom. The zero-order chi connectivity index (χ0) is 13.5. The van der Waals surface area contributed by atoms with Gasteiger partial charge in [0.2, 0.25) is 0 Å². The zero-order valence-corrected chi connectivity index (χ0v) is 12.6. The van der Waals surface area contributed by atoms with Gasteiger partial charge in [0, 0.05) is 18.4 Å². The van der Waals surface area contributed by atoms with Crippen LogP contribution in [0.15, 0.2) is 30.3 Å². The SMILES string of the molecule is CCC[NH+]1CCC([NH+](CC)Cc2ccccc2)CC1. The molecule has 106 valence electrons. The first-order valence-corrected chi connectivity index (χ1v) is 8.05. The van der Waals surface area contributed by atoms with Crippen LogP contribution in [0.3, 0.4) is 0 Å². The van der Waals surface area contributed by atoms with Crippen LogP contribution in [0.5, 0.6) is 0 Å². The van der Waals surface area contributed by atoms with Crippen molar-refractivity contribution in [1.29, 1.82) is 0 Å². The van der Waals surface area contributed by atoms with E-state index in [9.17, 15) is 0 Å². The number of hydrogen-bond donors (Lipinski definition) is 2. The van der Waals surface area contributed by atoms with Gasteiger partial charge in [0.1, 0.15) is 6.54 Å². The second-order valence-corrected chi connectivity index (χ2v) is 5.95. The number of likely N-dealkylation sites (tertiary alicyclic amines) is 1. The van der Waals surface area contributed by atoms with Crippen molar-refractivity contribution in [1.82, 2.24) is 0 Å². The van der Waals surface area contributed by atoms with Gasteiger partial charge in [0.15, 0.2) is 0 Å². The van der Waals surface area contributed by atoms with Crippen LogP contribution in [0.1, 0.15) is 38.7 Å². The van der Waals surface area contributed by atoms with Gasteiger partial charge < -0.3 is 9.80 Å². The van der Waals surface area contributed by atoms with Crippen molar-refractivity contribution < 1.29 is 9.80 Å². The molecule has 0 spiro atoms. The molecule has 2 heteroatoms. The summed E-state index contributed by atoms with van der Waals surface area (Å²) in [7, 11) is 0. The Labute approximate surface area is 118 Å². The molecule has 0 aliphatic carbocycles. The van der Waals surface area contributed by atoms with Gasteiger partial charge in [0.05, 0.1) is 32.2 Å². The van der Waals surface area contributed by atoms with E-state index in [-0.39, 0.29) is 0 Å². The number of hydrogen-bond acceptors (Lipinski definition) is 0. The molecule has 1 atom stereocenters. The molecule has 1 aromatic rings. The third-order valence-corrected chi connectivity index (χ3v) is 4.60. The normalized spacial score (nSPS) is 25.2. The summed E-state index contributed by atoms with van der Waals surface area (Å²) in [6, 6.07) is 11.9. The minimum absolute atomic E-state index is 0.880. The topological polar surface area (TPSA) is 8.88 Å². The highest BCUT2D eigenvalue weighted by molar-refractivity contribution is 5.13. The molecule has 0 amide bonds. The Morgan fingerprint density at radius 1 is 1.11 bits per heavy atom. The molecule has 1 fully saturated rings. The predicted octanol–water partition coefficient (Wildman–Crippen LogP) is 0.549. The summed E-state index contributed by atoms with van der Waals surface area (Å²) in [5, 5.41) is 0. The lowest BCUT2D eigenvalue weighted by Crippen LogP contribution is -3.19. The molecule has 0 saturated carbocycles. The lowest BCUT2D eigenvalue weighted by Gasteiger charge is -2.33. The van der Waals surface area contributed by atoms with E-state index < -0.39 is 0 Å². The van der Waals surface area contributed by atoms with E-state index in [4.69, 9.17) is 0 Å². The van der Waals surface area contributed by atoms with Gasteiger partial charge in [-0.15, -0.1) is 0 Å². The van der Waals surface area contributed by atoms with Crippen LogP contribution in [-0.4, -0.2) is 32.2 Å². The lowest BCUT2D eigenvalue weighted by atomic mass is 10.0. The molecular weight excluding hydrogens is 232 g/mol. The van der Waals surface area contributed by atoms with Gasteiger partial charge in [0.25, 0.3) is 0 Å². The van der Waals surface area contributed by atoms with Crippen molar-refractivity contribution >= 4 is 0 Å². The van der Waals surface area contributed by atoms with Crippen molar-refractivity contribution in [3.05, 3.63) is 35.9 Å². The summed E-state index contributed by atoms with van der Waals surface area (Å²) in [6.45, 7) is 11.2. The Hall–Kier alpha value is -0.860. The monoisotopic (exact) mass is 262 g/mol. The number of quaternary nitrogens is 2. The van der Waals surface area contributed by atoms with Gasteiger partial charge in [-0.05, 0) is 13.3 Å². The Bertz CT molecular complexity index is 342.